The van der Waals surface area contributed by atoms with E-state index in [9.17, 15) is 4.79 Å². The van der Waals surface area contributed by atoms with Gasteiger partial charge in [0.25, 0.3) is 5.91 Å². The van der Waals surface area contributed by atoms with Gasteiger partial charge in [-0.3, -0.25) is 9.79 Å². The average Bonchev–Trinajstić information content (AvgIpc) is 3.35. The first kappa shape index (κ1) is 23.1. The lowest BCUT2D eigenvalue weighted by atomic mass is 10.1. The highest BCUT2D eigenvalue weighted by Gasteiger charge is 2.17. The molecule has 0 fully saturated rings. The van der Waals surface area contributed by atoms with Crippen molar-refractivity contribution in [2.75, 3.05) is 11.9 Å². The van der Waals surface area contributed by atoms with E-state index in [2.05, 4.69) is 33.7 Å². The number of nitrogens with one attached hydrogen (secondary N) is 2. The number of ether oxygens (including phenoxy) is 1. The number of carbonyl (C=O) groups excluding carboxylic acids is 1. The van der Waals surface area contributed by atoms with Crippen LogP contribution in [0.4, 0.5) is 11.5 Å². The van der Waals surface area contributed by atoms with Crippen molar-refractivity contribution in [2.24, 2.45) is 4.99 Å². The number of aromatic nitrogens is 2. The van der Waals surface area contributed by atoms with Gasteiger partial charge in [0.1, 0.15) is 11.6 Å². The molecule has 1 amide bonds. The van der Waals surface area contributed by atoms with Gasteiger partial charge in [-0.25, -0.2) is 9.97 Å². The molecule has 1 aliphatic heterocycles. The van der Waals surface area contributed by atoms with Crippen LogP contribution in [-0.4, -0.2) is 34.2 Å². The molecule has 2 heterocycles. The Kier molecular flexibility index (Phi) is 6.09. The molecule has 1 aliphatic rings. The Morgan fingerprint density at radius 1 is 1.08 bits per heavy atom. The summed E-state index contributed by atoms with van der Waals surface area (Å²) in [7, 11) is 0. The van der Waals surface area contributed by atoms with E-state index >= 15 is 0 Å². The Balaban J connectivity index is 1.42. The van der Waals surface area contributed by atoms with E-state index in [0.29, 0.717) is 17.4 Å². The summed E-state index contributed by atoms with van der Waals surface area (Å²) < 4.78 is 5.71. The molecule has 0 aliphatic carbocycles. The number of hydrogen-bond donors (Lipinski definition) is 2. The predicted octanol–water partition coefficient (Wildman–Crippen LogP) is 4.88. The van der Waals surface area contributed by atoms with Crippen LogP contribution in [0.15, 0.2) is 71.7 Å². The van der Waals surface area contributed by atoms with Crippen LogP contribution >= 0.6 is 0 Å². The van der Waals surface area contributed by atoms with Gasteiger partial charge in [0.2, 0.25) is 0 Å². The van der Waals surface area contributed by atoms with Gasteiger partial charge in [-0.1, -0.05) is 36.3 Å². The van der Waals surface area contributed by atoms with E-state index in [-0.39, 0.29) is 12.5 Å². The van der Waals surface area contributed by atoms with E-state index in [0.717, 1.165) is 34.3 Å². The van der Waals surface area contributed by atoms with Crippen molar-refractivity contribution in [3.63, 3.8) is 0 Å². The van der Waals surface area contributed by atoms with E-state index in [1.54, 1.807) is 19.9 Å². The molecule has 7 heteroatoms. The molecule has 0 atom stereocenters. The summed E-state index contributed by atoms with van der Waals surface area (Å²) in [6, 6.07) is 21.4. The summed E-state index contributed by atoms with van der Waals surface area (Å²) in [5.74, 6) is 4.02. The number of fused-ring (bicyclic) bond motifs is 2. The summed E-state index contributed by atoms with van der Waals surface area (Å²) in [6.45, 7) is 4.08. The molecule has 178 valence electrons. The number of aliphatic imine (C=N–C) groups is 1. The Labute approximate surface area is 209 Å². The normalized spacial score (nSPS) is 12.1. The Bertz CT molecular complexity index is 1530. The van der Waals surface area contributed by atoms with Crippen molar-refractivity contribution in [3.8, 4) is 29.5 Å². The van der Waals surface area contributed by atoms with Crippen LogP contribution in [0.3, 0.4) is 0 Å². The maximum absolute atomic E-state index is 12.2. The van der Waals surface area contributed by atoms with Gasteiger partial charge in [0, 0.05) is 22.9 Å². The molecule has 36 heavy (non-hydrogen) atoms. The second-order valence-electron chi connectivity index (χ2n) is 9.06. The molecule has 5 rings (SSSR count). The Morgan fingerprint density at radius 3 is 2.81 bits per heavy atom. The maximum atomic E-state index is 12.2. The first-order valence-electron chi connectivity index (χ1n) is 11.6. The SMILES string of the molecule is C#CC(C)(C)NC(=O)COc1cccc(-c2nc(Nc3ccc4c(c3)C=NC4)c3ccccc3n2)c1. The Morgan fingerprint density at radius 2 is 1.94 bits per heavy atom. The highest BCUT2D eigenvalue weighted by atomic mass is 16.5. The predicted molar refractivity (Wildman–Crippen MR) is 143 cm³/mol. The molecule has 1 aromatic heterocycles. The number of carbonyl (C=O) groups is 1. The summed E-state index contributed by atoms with van der Waals surface area (Å²) in [5, 5.41) is 7.12. The lowest BCUT2D eigenvalue weighted by Gasteiger charge is -2.19. The maximum Gasteiger partial charge on any atom is 0.259 e. The van der Waals surface area contributed by atoms with E-state index in [4.69, 9.17) is 21.1 Å². The molecule has 0 saturated carbocycles. The summed E-state index contributed by atoms with van der Waals surface area (Å²) in [6.07, 6.45) is 7.33. The van der Waals surface area contributed by atoms with Crippen molar-refractivity contribution in [1.29, 1.82) is 0 Å². The Hall–Kier alpha value is -4.70. The summed E-state index contributed by atoms with van der Waals surface area (Å²) in [4.78, 5) is 26.2. The van der Waals surface area contributed by atoms with E-state index in [1.165, 1.54) is 5.56 Å². The number of para-hydroxylation sites is 1. The third kappa shape index (κ3) is 5.03. The van der Waals surface area contributed by atoms with Crippen LogP contribution in [0.2, 0.25) is 0 Å². The minimum Gasteiger partial charge on any atom is -0.484 e. The van der Waals surface area contributed by atoms with Crippen molar-refractivity contribution in [2.45, 2.75) is 25.9 Å². The zero-order valence-electron chi connectivity index (χ0n) is 20.1. The van der Waals surface area contributed by atoms with E-state index in [1.807, 2.05) is 54.7 Å². The first-order valence-corrected chi connectivity index (χ1v) is 11.6. The fourth-order valence-corrected chi connectivity index (χ4v) is 3.91. The molecule has 3 aromatic carbocycles. The van der Waals surface area contributed by atoms with Crippen molar-refractivity contribution >= 4 is 34.5 Å². The number of amides is 1. The molecule has 0 bridgehead atoms. The highest BCUT2D eigenvalue weighted by Crippen LogP contribution is 2.30. The number of hydrogen-bond acceptors (Lipinski definition) is 6. The summed E-state index contributed by atoms with van der Waals surface area (Å²) >= 11 is 0. The van der Waals surface area contributed by atoms with Gasteiger partial charge >= 0.3 is 0 Å². The van der Waals surface area contributed by atoms with Gasteiger partial charge < -0.3 is 15.4 Å². The third-order valence-corrected chi connectivity index (χ3v) is 5.78. The number of benzene rings is 3. The second-order valence-corrected chi connectivity index (χ2v) is 9.06. The largest absolute Gasteiger partial charge is 0.484 e. The monoisotopic (exact) mass is 475 g/mol. The fourth-order valence-electron chi connectivity index (χ4n) is 3.91. The van der Waals surface area contributed by atoms with E-state index < -0.39 is 5.54 Å². The molecule has 4 aromatic rings. The average molecular weight is 476 g/mol. The number of rotatable bonds is 7. The van der Waals surface area contributed by atoms with Crippen molar-refractivity contribution < 1.29 is 9.53 Å². The lowest BCUT2D eigenvalue weighted by molar-refractivity contribution is -0.124. The molecule has 2 N–H and O–H groups in total. The number of anilines is 2. The van der Waals surface area contributed by atoms with Crippen LogP contribution in [0.25, 0.3) is 22.3 Å². The smallest absolute Gasteiger partial charge is 0.259 e. The van der Waals surface area contributed by atoms with Crippen LogP contribution < -0.4 is 15.4 Å². The van der Waals surface area contributed by atoms with Gasteiger partial charge in [0.15, 0.2) is 12.4 Å². The molecular formula is C29H25N5O2. The minimum absolute atomic E-state index is 0.151. The topological polar surface area (TPSA) is 88.5 Å². The van der Waals surface area contributed by atoms with Crippen LogP contribution in [0, 0.1) is 12.3 Å². The zero-order valence-corrected chi connectivity index (χ0v) is 20.1. The van der Waals surface area contributed by atoms with Crippen LogP contribution in [-0.2, 0) is 11.3 Å². The van der Waals surface area contributed by atoms with Crippen LogP contribution in [0.5, 0.6) is 5.75 Å². The third-order valence-electron chi connectivity index (χ3n) is 5.78. The lowest BCUT2D eigenvalue weighted by Crippen LogP contribution is -2.44. The van der Waals surface area contributed by atoms with Crippen molar-refractivity contribution in [1.82, 2.24) is 15.3 Å². The number of nitrogens with zero attached hydrogens (tertiary/aromatic N) is 3. The second kappa shape index (κ2) is 9.51. The van der Waals surface area contributed by atoms with Gasteiger partial charge in [-0.05, 0) is 61.4 Å². The fraction of sp³-hybridized carbons (Fsp3) is 0.172. The van der Waals surface area contributed by atoms with Crippen molar-refractivity contribution in [3.05, 3.63) is 77.9 Å². The molecule has 7 nitrogen and oxygen atoms in total. The quantitative estimate of drug-likeness (QED) is 0.372. The summed E-state index contributed by atoms with van der Waals surface area (Å²) in [5.41, 5.74) is 4.09. The highest BCUT2D eigenvalue weighted by molar-refractivity contribution is 5.93. The standard InChI is InChI=1S/C29H25N5O2/c1-4-29(2,3)34-26(35)18-36-23-9-7-8-19(15-23)27-32-25-11-6-5-10-24(25)28(33-27)31-22-13-12-20-16-30-17-21(20)14-22/h1,5-15,17H,16,18H2,2-3H3,(H,34,35)(H,31,32,33). The van der Waals surface area contributed by atoms with Gasteiger partial charge in [-0.15, -0.1) is 6.42 Å². The molecule has 0 saturated heterocycles. The molecule has 0 unspecified atom stereocenters. The van der Waals surface area contributed by atoms with Gasteiger partial charge in [0.05, 0.1) is 17.6 Å². The molecular weight excluding hydrogens is 450 g/mol. The molecule has 0 spiro atoms. The van der Waals surface area contributed by atoms with Crippen LogP contribution in [0.1, 0.15) is 25.0 Å². The first-order chi connectivity index (χ1) is 17.4. The van der Waals surface area contributed by atoms with Gasteiger partial charge in [-0.2, -0.15) is 0 Å². The number of terminal acetylenes is 1. The molecule has 0 radical (unpaired) electrons. The minimum atomic E-state index is -0.740. The zero-order chi connectivity index (χ0) is 25.1.